The first kappa shape index (κ1) is 13.6. The Bertz CT molecular complexity index is 250. The second-order valence-corrected chi connectivity index (χ2v) is 4.10. The Morgan fingerprint density at radius 1 is 1.36 bits per heavy atom. The molecule has 0 saturated heterocycles. The summed E-state index contributed by atoms with van der Waals surface area (Å²) in [5.74, 6) is -0.457. The summed E-state index contributed by atoms with van der Waals surface area (Å²) < 4.78 is 60.5. The van der Waals surface area contributed by atoms with Crippen LogP contribution >= 0.6 is 0 Å². The van der Waals surface area contributed by atoms with E-state index < -0.39 is 28.6 Å². The molecule has 0 aliphatic rings. The number of sulfonamides is 1. The molecule has 0 rings (SSSR count). The van der Waals surface area contributed by atoms with Gasteiger partial charge in [-0.3, -0.25) is 4.84 Å². The van der Waals surface area contributed by atoms with Crippen LogP contribution in [-0.2, 0) is 19.6 Å². The number of hydrogen-bond donors (Lipinski definition) is 1. The average Bonchev–Trinajstić information content (AvgIpc) is 1.98. The van der Waals surface area contributed by atoms with E-state index >= 15 is 0 Å². The first-order chi connectivity index (χ1) is 6.27. The molecule has 0 heterocycles. The Morgan fingerprint density at radius 3 is 2.36 bits per heavy atom. The largest absolute Gasteiger partial charge is 0.413 e. The molecule has 0 unspecified atom stereocenters. The molecule has 0 saturated carbocycles. The number of methoxy groups -OCH3 is 1. The van der Waals surface area contributed by atoms with Crippen molar-refractivity contribution >= 4 is 10.0 Å². The van der Waals surface area contributed by atoms with Crippen LogP contribution in [-0.4, -0.2) is 40.7 Å². The normalized spacial score (nSPS) is 13.1. The lowest BCUT2D eigenvalue weighted by molar-refractivity contribution is -0.181. The lowest BCUT2D eigenvalue weighted by Gasteiger charge is -2.08. The lowest BCUT2D eigenvalue weighted by Crippen LogP contribution is -2.32. The Kier molecular flexibility index (Phi) is 5.34. The molecule has 0 radical (unpaired) electrons. The zero-order chi connectivity index (χ0) is 11.2. The first-order valence-electron chi connectivity index (χ1n) is 3.44. The van der Waals surface area contributed by atoms with E-state index in [9.17, 15) is 21.6 Å². The topological polar surface area (TPSA) is 64.6 Å². The number of alkyl halides is 3. The van der Waals surface area contributed by atoms with Crippen molar-refractivity contribution in [1.29, 1.82) is 0 Å². The van der Waals surface area contributed by atoms with Gasteiger partial charge in [0.05, 0.1) is 12.4 Å². The maximum atomic E-state index is 11.5. The Balaban J connectivity index is 3.78. The van der Waals surface area contributed by atoms with Crippen molar-refractivity contribution in [2.45, 2.75) is 6.18 Å². The minimum Gasteiger partial charge on any atom is -0.384 e. The van der Waals surface area contributed by atoms with E-state index in [2.05, 4.69) is 9.57 Å². The molecular formula is C5H10F3NO4S. The molecule has 0 bridgehead atoms. The first-order valence-corrected chi connectivity index (χ1v) is 5.09. The van der Waals surface area contributed by atoms with Crippen LogP contribution in [0, 0.1) is 0 Å². The highest BCUT2D eigenvalue weighted by atomic mass is 32.2. The van der Waals surface area contributed by atoms with Crippen molar-refractivity contribution in [3.8, 4) is 0 Å². The second kappa shape index (κ2) is 5.49. The molecule has 9 heteroatoms. The van der Waals surface area contributed by atoms with Crippen molar-refractivity contribution in [2.75, 3.05) is 26.1 Å². The second-order valence-electron chi connectivity index (χ2n) is 2.30. The maximum absolute atomic E-state index is 11.5. The van der Waals surface area contributed by atoms with Crippen LogP contribution in [0.3, 0.4) is 0 Å². The predicted molar refractivity (Wildman–Crippen MR) is 40.8 cm³/mol. The van der Waals surface area contributed by atoms with Crippen LogP contribution in [0.1, 0.15) is 0 Å². The highest BCUT2D eigenvalue weighted by molar-refractivity contribution is 7.89. The lowest BCUT2D eigenvalue weighted by atomic mass is 10.7. The zero-order valence-corrected chi connectivity index (χ0v) is 8.11. The summed E-state index contributed by atoms with van der Waals surface area (Å²) in [6.45, 7) is -1.79. The summed E-state index contributed by atoms with van der Waals surface area (Å²) in [6, 6.07) is 0. The number of rotatable bonds is 6. The molecule has 0 aliphatic heterocycles. The van der Waals surface area contributed by atoms with E-state index in [1.165, 1.54) is 12.0 Å². The van der Waals surface area contributed by atoms with Crippen molar-refractivity contribution in [3.63, 3.8) is 0 Å². The van der Waals surface area contributed by atoms with Crippen LogP contribution in [0.15, 0.2) is 0 Å². The van der Waals surface area contributed by atoms with Crippen molar-refractivity contribution < 1.29 is 31.2 Å². The number of ether oxygens (including phenoxy) is 1. The molecule has 0 amide bonds. The van der Waals surface area contributed by atoms with Gasteiger partial charge in [0.2, 0.25) is 10.0 Å². The Morgan fingerprint density at radius 2 is 1.93 bits per heavy atom. The number of hydrogen-bond acceptors (Lipinski definition) is 4. The monoisotopic (exact) mass is 237 g/mol. The third-order valence-electron chi connectivity index (χ3n) is 0.978. The fraction of sp³-hybridized carbons (Fsp3) is 1.00. The smallest absolute Gasteiger partial charge is 0.384 e. The van der Waals surface area contributed by atoms with Crippen molar-refractivity contribution in [1.82, 2.24) is 4.89 Å². The van der Waals surface area contributed by atoms with Gasteiger partial charge >= 0.3 is 6.18 Å². The summed E-state index contributed by atoms with van der Waals surface area (Å²) in [7, 11) is -2.59. The van der Waals surface area contributed by atoms with Gasteiger partial charge in [0.1, 0.15) is 0 Å². The Labute approximate surface area is 79.2 Å². The van der Waals surface area contributed by atoms with E-state index in [0.29, 0.717) is 0 Å². The minimum absolute atomic E-state index is 0.120. The predicted octanol–water partition coefficient (Wildman–Crippen LogP) is 0.0461. The third-order valence-corrected chi connectivity index (χ3v) is 2.05. The molecule has 14 heavy (non-hydrogen) atoms. The standard InChI is InChI=1S/C5H10F3NO4S/c1-12-2-3-14(10,11)9-13-4-5(6,7)8/h9H,2-4H2,1H3. The molecule has 86 valence electrons. The van der Waals surface area contributed by atoms with Crippen LogP contribution in [0.25, 0.3) is 0 Å². The van der Waals surface area contributed by atoms with Crippen LogP contribution in [0.4, 0.5) is 13.2 Å². The van der Waals surface area contributed by atoms with E-state index in [1.807, 2.05) is 0 Å². The van der Waals surface area contributed by atoms with Gasteiger partial charge in [-0.15, -0.1) is 0 Å². The highest BCUT2D eigenvalue weighted by Crippen LogP contribution is 2.13. The summed E-state index contributed by atoms with van der Waals surface area (Å²) in [4.78, 5) is 5.06. The summed E-state index contributed by atoms with van der Waals surface area (Å²) in [5.41, 5.74) is 0. The molecule has 5 nitrogen and oxygen atoms in total. The van der Waals surface area contributed by atoms with E-state index in [1.54, 1.807) is 0 Å². The number of nitrogens with one attached hydrogen (secondary N) is 1. The van der Waals surface area contributed by atoms with Crippen LogP contribution in [0.2, 0.25) is 0 Å². The minimum atomic E-state index is -4.57. The zero-order valence-electron chi connectivity index (χ0n) is 7.30. The van der Waals surface area contributed by atoms with Gasteiger partial charge in [0.25, 0.3) is 0 Å². The van der Waals surface area contributed by atoms with Crippen molar-refractivity contribution in [2.24, 2.45) is 0 Å². The fourth-order valence-corrected chi connectivity index (χ4v) is 1.14. The molecule has 0 aromatic rings. The van der Waals surface area contributed by atoms with Gasteiger partial charge < -0.3 is 4.74 Å². The number of halogens is 3. The fourth-order valence-electron chi connectivity index (χ4n) is 0.436. The van der Waals surface area contributed by atoms with E-state index in [0.717, 1.165) is 0 Å². The molecule has 0 fully saturated rings. The summed E-state index contributed by atoms with van der Waals surface area (Å²) in [6.07, 6.45) is -4.57. The van der Waals surface area contributed by atoms with Crippen LogP contribution in [0.5, 0.6) is 0 Å². The van der Waals surface area contributed by atoms with Gasteiger partial charge in [0.15, 0.2) is 6.61 Å². The third kappa shape index (κ3) is 8.23. The van der Waals surface area contributed by atoms with Crippen molar-refractivity contribution in [3.05, 3.63) is 0 Å². The van der Waals surface area contributed by atoms with E-state index in [-0.39, 0.29) is 6.61 Å². The van der Waals surface area contributed by atoms with Crippen LogP contribution < -0.4 is 4.89 Å². The summed E-state index contributed by atoms with van der Waals surface area (Å²) in [5, 5.41) is 0. The molecule has 0 atom stereocenters. The van der Waals surface area contributed by atoms with Gasteiger partial charge in [-0.2, -0.15) is 13.2 Å². The van der Waals surface area contributed by atoms with Gasteiger partial charge in [-0.1, -0.05) is 4.89 Å². The quantitative estimate of drug-likeness (QED) is 0.663. The maximum Gasteiger partial charge on any atom is 0.413 e. The van der Waals surface area contributed by atoms with Gasteiger partial charge in [-0.25, -0.2) is 8.42 Å². The molecule has 0 aliphatic carbocycles. The molecule has 0 aromatic heterocycles. The van der Waals surface area contributed by atoms with Gasteiger partial charge in [-0.05, 0) is 0 Å². The molecule has 0 aromatic carbocycles. The summed E-state index contributed by atoms with van der Waals surface area (Å²) >= 11 is 0. The molecular weight excluding hydrogens is 227 g/mol. The highest BCUT2D eigenvalue weighted by Gasteiger charge is 2.28. The van der Waals surface area contributed by atoms with E-state index in [4.69, 9.17) is 0 Å². The Hall–Kier alpha value is -0.380. The SMILES string of the molecule is COCCS(=O)(=O)NOCC(F)(F)F. The average molecular weight is 237 g/mol. The molecule has 1 N–H and O–H groups in total. The molecule has 0 spiro atoms. The van der Waals surface area contributed by atoms with Gasteiger partial charge in [0, 0.05) is 7.11 Å².